The van der Waals surface area contributed by atoms with Crippen LogP contribution in [0.3, 0.4) is 0 Å². The van der Waals surface area contributed by atoms with Crippen molar-refractivity contribution >= 4 is 0 Å². The molecule has 0 unspecified atom stereocenters. The second-order valence-electron chi connectivity index (χ2n) is 4.84. The maximum absolute atomic E-state index is 9.72. The lowest BCUT2D eigenvalue weighted by molar-refractivity contribution is 0.173. The van der Waals surface area contributed by atoms with E-state index in [2.05, 4.69) is 18.9 Å². The van der Waals surface area contributed by atoms with Crippen molar-refractivity contribution in [3.63, 3.8) is 0 Å². The number of aliphatic hydroxyl groups is 1. The van der Waals surface area contributed by atoms with Gasteiger partial charge in [-0.05, 0) is 38.0 Å². The first-order chi connectivity index (χ1) is 9.10. The summed E-state index contributed by atoms with van der Waals surface area (Å²) in [5.74, 6) is 1.47. The molecule has 0 saturated carbocycles. The van der Waals surface area contributed by atoms with Gasteiger partial charge >= 0.3 is 0 Å². The van der Waals surface area contributed by atoms with Crippen molar-refractivity contribution in [1.29, 1.82) is 0 Å². The van der Waals surface area contributed by atoms with E-state index >= 15 is 0 Å². The smallest absolute Gasteiger partial charge is 0.165 e. The lowest BCUT2D eigenvalue weighted by atomic mass is 10.1. The highest BCUT2D eigenvalue weighted by molar-refractivity contribution is 5.32. The number of hydrogen-bond donors (Lipinski definition) is 1. The van der Waals surface area contributed by atoms with Gasteiger partial charge in [0, 0.05) is 6.04 Å². The zero-order valence-electron chi connectivity index (χ0n) is 11.6. The van der Waals surface area contributed by atoms with E-state index in [0.717, 1.165) is 17.1 Å². The van der Waals surface area contributed by atoms with Gasteiger partial charge in [-0.15, -0.1) is 0 Å². The monoisotopic (exact) mass is 260 g/mol. The summed E-state index contributed by atoms with van der Waals surface area (Å²) in [4.78, 5) is 0. The zero-order valence-corrected chi connectivity index (χ0v) is 11.6. The summed E-state index contributed by atoms with van der Waals surface area (Å²) in [6, 6.07) is 7.81. The number of ether oxygens (including phenoxy) is 1. The van der Waals surface area contributed by atoms with E-state index in [-0.39, 0.29) is 0 Å². The van der Waals surface area contributed by atoms with Crippen molar-refractivity contribution in [3.05, 3.63) is 42.2 Å². The molecule has 19 heavy (non-hydrogen) atoms. The molecular formula is C15H20N2O2. The van der Waals surface area contributed by atoms with Crippen molar-refractivity contribution in [2.75, 3.05) is 0 Å². The number of aromatic nitrogens is 2. The lowest BCUT2D eigenvalue weighted by Crippen LogP contribution is -1.99. The van der Waals surface area contributed by atoms with Crippen molar-refractivity contribution < 1.29 is 9.84 Å². The molecule has 0 fully saturated rings. The van der Waals surface area contributed by atoms with Crippen molar-refractivity contribution in [2.24, 2.45) is 0 Å². The highest BCUT2D eigenvalue weighted by Gasteiger charge is 2.06. The fourth-order valence-corrected chi connectivity index (χ4v) is 1.79. The average Bonchev–Trinajstić information content (AvgIpc) is 2.87. The molecule has 1 aromatic heterocycles. The Balaban J connectivity index is 2.06. The molecule has 1 N–H and O–H groups in total. The molecule has 2 aromatic rings. The maximum atomic E-state index is 9.72. The molecule has 1 aromatic carbocycles. The second-order valence-corrected chi connectivity index (χ2v) is 4.84. The van der Waals surface area contributed by atoms with Gasteiger partial charge in [0.25, 0.3) is 0 Å². The van der Waals surface area contributed by atoms with E-state index in [1.807, 2.05) is 42.1 Å². The normalized spacial score (nSPS) is 12.7. The predicted octanol–water partition coefficient (Wildman–Crippen LogP) is 3.70. The Morgan fingerprint density at radius 2 is 1.89 bits per heavy atom. The number of hydrogen-bond acceptors (Lipinski definition) is 3. The zero-order chi connectivity index (χ0) is 13.8. The minimum atomic E-state index is -0.405. The van der Waals surface area contributed by atoms with Crippen LogP contribution in [-0.2, 0) is 0 Å². The van der Waals surface area contributed by atoms with Crippen LogP contribution < -0.4 is 4.74 Å². The van der Waals surface area contributed by atoms with Gasteiger partial charge in [-0.3, -0.25) is 4.68 Å². The minimum Gasteiger partial charge on any atom is -0.454 e. The van der Waals surface area contributed by atoms with Gasteiger partial charge in [0.1, 0.15) is 5.75 Å². The Bertz CT molecular complexity index is 517. The Morgan fingerprint density at radius 3 is 2.42 bits per heavy atom. The molecule has 1 heterocycles. The Hall–Kier alpha value is -1.81. The van der Waals surface area contributed by atoms with Crippen LogP contribution in [0.2, 0.25) is 0 Å². The molecule has 4 nitrogen and oxygen atoms in total. The Morgan fingerprint density at radius 1 is 1.21 bits per heavy atom. The van der Waals surface area contributed by atoms with Crippen LogP contribution in [-0.4, -0.2) is 14.9 Å². The summed E-state index contributed by atoms with van der Waals surface area (Å²) in [5.41, 5.74) is 0.910. The largest absolute Gasteiger partial charge is 0.454 e. The van der Waals surface area contributed by atoms with Crippen LogP contribution >= 0.6 is 0 Å². The maximum Gasteiger partial charge on any atom is 0.165 e. The van der Waals surface area contributed by atoms with Gasteiger partial charge in [0.05, 0.1) is 18.5 Å². The van der Waals surface area contributed by atoms with Gasteiger partial charge in [0.2, 0.25) is 0 Å². The number of nitrogens with zero attached hydrogens (tertiary/aromatic N) is 2. The molecule has 0 amide bonds. The third kappa shape index (κ3) is 3.35. The first kappa shape index (κ1) is 13.6. The molecule has 4 heteroatoms. The molecule has 1 atom stereocenters. The standard InChI is InChI=1S/C15H20N2O2/c1-4-15(18)12-5-7-13(8-6-12)19-14-9-16-17(10-14)11(2)3/h5-11,15,18H,4H2,1-3H3/t15-/m1/s1. The molecule has 0 aliphatic rings. The summed E-state index contributed by atoms with van der Waals surface area (Å²) in [5, 5.41) is 13.9. The van der Waals surface area contributed by atoms with Gasteiger partial charge in [-0.1, -0.05) is 19.1 Å². The first-order valence-electron chi connectivity index (χ1n) is 6.60. The quantitative estimate of drug-likeness (QED) is 0.891. The molecule has 0 spiro atoms. The van der Waals surface area contributed by atoms with E-state index < -0.39 is 6.10 Å². The van der Waals surface area contributed by atoms with Crippen LogP contribution in [0, 0.1) is 0 Å². The average molecular weight is 260 g/mol. The summed E-state index contributed by atoms with van der Waals surface area (Å²) in [6.45, 7) is 6.09. The van der Waals surface area contributed by atoms with E-state index in [1.165, 1.54) is 0 Å². The van der Waals surface area contributed by atoms with E-state index in [4.69, 9.17) is 4.74 Å². The number of benzene rings is 1. The Labute approximate surface area is 113 Å². The molecule has 0 saturated heterocycles. The number of aliphatic hydroxyl groups excluding tert-OH is 1. The van der Waals surface area contributed by atoms with E-state index in [0.29, 0.717) is 12.5 Å². The van der Waals surface area contributed by atoms with Crippen molar-refractivity contribution in [2.45, 2.75) is 39.3 Å². The van der Waals surface area contributed by atoms with E-state index in [9.17, 15) is 5.11 Å². The van der Waals surface area contributed by atoms with E-state index in [1.54, 1.807) is 6.20 Å². The van der Waals surface area contributed by atoms with Crippen LogP contribution in [0.15, 0.2) is 36.7 Å². The second kappa shape index (κ2) is 5.89. The van der Waals surface area contributed by atoms with Gasteiger partial charge in [0.15, 0.2) is 5.75 Å². The highest BCUT2D eigenvalue weighted by atomic mass is 16.5. The van der Waals surface area contributed by atoms with Gasteiger partial charge in [-0.25, -0.2) is 0 Å². The number of rotatable bonds is 5. The summed E-state index contributed by atoms with van der Waals surface area (Å²) < 4.78 is 7.56. The molecule has 0 radical (unpaired) electrons. The fraction of sp³-hybridized carbons (Fsp3) is 0.400. The van der Waals surface area contributed by atoms with Gasteiger partial charge in [-0.2, -0.15) is 5.10 Å². The third-order valence-corrected chi connectivity index (χ3v) is 2.99. The highest BCUT2D eigenvalue weighted by Crippen LogP contribution is 2.24. The van der Waals surface area contributed by atoms with Crippen molar-refractivity contribution in [3.8, 4) is 11.5 Å². The van der Waals surface area contributed by atoms with Crippen LogP contribution in [0.4, 0.5) is 0 Å². The van der Waals surface area contributed by atoms with Crippen LogP contribution in [0.1, 0.15) is 44.9 Å². The first-order valence-corrected chi connectivity index (χ1v) is 6.60. The summed E-state index contributed by atoms with van der Waals surface area (Å²) in [7, 11) is 0. The molecule has 2 rings (SSSR count). The van der Waals surface area contributed by atoms with Crippen LogP contribution in [0.25, 0.3) is 0 Å². The topological polar surface area (TPSA) is 47.3 Å². The molecule has 0 bridgehead atoms. The molecule has 102 valence electrons. The van der Waals surface area contributed by atoms with Crippen LogP contribution in [0.5, 0.6) is 11.5 Å². The Kier molecular flexibility index (Phi) is 4.22. The van der Waals surface area contributed by atoms with Gasteiger partial charge < -0.3 is 9.84 Å². The molecular weight excluding hydrogens is 240 g/mol. The third-order valence-electron chi connectivity index (χ3n) is 2.99. The minimum absolute atomic E-state index is 0.319. The molecule has 0 aliphatic carbocycles. The summed E-state index contributed by atoms with van der Waals surface area (Å²) in [6.07, 6.45) is 3.88. The molecule has 0 aliphatic heterocycles. The predicted molar refractivity (Wildman–Crippen MR) is 74.4 cm³/mol. The SMILES string of the molecule is CC[C@@H](O)c1ccc(Oc2cnn(C(C)C)c2)cc1. The lowest BCUT2D eigenvalue weighted by Gasteiger charge is -2.09. The van der Waals surface area contributed by atoms with Crippen molar-refractivity contribution in [1.82, 2.24) is 9.78 Å². The fourth-order valence-electron chi connectivity index (χ4n) is 1.79. The summed E-state index contributed by atoms with van der Waals surface area (Å²) >= 11 is 0.